The van der Waals surface area contributed by atoms with Crippen LogP contribution in [0.5, 0.6) is 0 Å². The van der Waals surface area contributed by atoms with Gasteiger partial charge in [-0.05, 0) is 98.2 Å². The number of hydrogen-bond donors (Lipinski definition) is 0. The highest BCUT2D eigenvalue weighted by Crippen LogP contribution is 2.75. The average Bonchev–Trinajstić information content (AvgIpc) is 2.85. The maximum absolute atomic E-state index is 12.9. The van der Waals surface area contributed by atoms with Gasteiger partial charge in [-0.2, -0.15) is 0 Å². The summed E-state index contributed by atoms with van der Waals surface area (Å²) in [7, 11) is 3.02. The Labute approximate surface area is 215 Å². The molecule has 0 amide bonds. The molecule has 5 aliphatic carbocycles. The fourth-order valence-corrected chi connectivity index (χ4v) is 9.22. The van der Waals surface area contributed by atoms with Crippen LogP contribution >= 0.6 is 0 Å². The van der Waals surface area contributed by atoms with Crippen molar-refractivity contribution in [3.05, 3.63) is 34.9 Å². The van der Waals surface area contributed by atoms with Crippen molar-refractivity contribution in [1.82, 2.24) is 0 Å². The first-order valence-corrected chi connectivity index (χ1v) is 13.5. The Balaban J connectivity index is 1.64. The lowest BCUT2D eigenvalue weighted by atomic mass is 9.34. The fourth-order valence-electron chi connectivity index (χ4n) is 9.22. The minimum atomic E-state index is -1.25. The summed E-state index contributed by atoms with van der Waals surface area (Å²) >= 11 is 0. The summed E-state index contributed by atoms with van der Waals surface area (Å²) in [5, 5.41) is 0. The van der Waals surface area contributed by atoms with Crippen LogP contribution in [0, 0.1) is 33.0 Å². The lowest BCUT2D eigenvalue weighted by molar-refractivity contribution is -0.180. The van der Waals surface area contributed by atoms with E-state index in [0.717, 1.165) is 56.1 Å². The number of Topliss-reactive ketones (excluding diaryl/α,β-unsaturated/α-hetero) is 1. The van der Waals surface area contributed by atoms with Crippen LogP contribution in [-0.2, 0) is 23.9 Å². The van der Waals surface area contributed by atoms with E-state index >= 15 is 0 Å². The molecule has 0 heterocycles. The van der Waals surface area contributed by atoms with E-state index in [2.05, 4.69) is 40.7 Å². The van der Waals surface area contributed by atoms with Gasteiger partial charge in [0.1, 0.15) is 0 Å². The number of hydrogen-bond acceptors (Lipinski definition) is 5. The molecule has 5 nitrogen and oxygen atoms in total. The Morgan fingerprint density at radius 1 is 0.861 bits per heavy atom. The Bertz CT molecular complexity index is 1160. The SMILES string of the molecule is COC(=O)[C@]1(C)CC[C@]2(C)CC[C@]3(C)C4=CC=C5C(=CC(=O)C(=O)[C@@]5(C)OC)[C@]4(C)CC[C@@]3(C)[C@@H]2C1. The number of rotatable bonds is 2. The first-order valence-electron chi connectivity index (χ1n) is 13.5. The Kier molecular flexibility index (Phi) is 5.36. The Morgan fingerprint density at radius 3 is 2.17 bits per heavy atom. The summed E-state index contributed by atoms with van der Waals surface area (Å²) in [6.07, 6.45) is 12.8. The third-order valence-electron chi connectivity index (χ3n) is 12.1. The third kappa shape index (κ3) is 2.90. The highest BCUT2D eigenvalue weighted by atomic mass is 16.5. The molecule has 7 atom stereocenters. The molecule has 0 aromatic rings. The summed E-state index contributed by atoms with van der Waals surface area (Å²) < 4.78 is 11.0. The number of ketones is 2. The van der Waals surface area contributed by atoms with Crippen LogP contribution in [-0.4, -0.2) is 37.4 Å². The summed E-state index contributed by atoms with van der Waals surface area (Å²) in [5.74, 6) is -0.653. The molecule has 5 aliphatic rings. The van der Waals surface area contributed by atoms with Crippen LogP contribution in [0.2, 0.25) is 0 Å². The Morgan fingerprint density at radius 2 is 1.53 bits per heavy atom. The van der Waals surface area contributed by atoms with Crippen molar-refractivity contribution in [2.45, 2.75) is 92.1 Å². The second kappa shape index (κ2) is 7.52. The predicted molar refractivity (Wildman–Crippen MR) is 138 cm³/mol. The van der Waals surface area contributed by atoms with Crippen molar-refractivity contribution in [3.63, 3.8) is 0 Å². The molecule has 5 rings (SSSR count). The number of esters is 1. The monoisotopic (exact) mass is 494 g/mol. The summed E-state index contributed by atoms with van der Waals surface area (Å²) in [4.78, 5) is 38.6. The zero-order chi connectivity index (χ0) is 26.5. The number of carbonyl (C=O) groups excluding carboxylic acids is 3. The zero-order valence-corrected chi connectivity index (χ0v) is 23.3. The van der Waals surface area contributed by atoms with Gasteiger partial charge in [0.15, 0.2) is 5.60 Å². The van der Waals surface area contributed by atoms with Gasteiger partial charge in [0.05, 0.1) is 12.5 Å². The molecule has 3 fully saturated rings. The summed E-state index contributed by atoms with van der Waals surface area (Å²) in [6.45, 7) is 13.4. The second-order valence-electron chi connectivity index (χ2n) is 13.7. The maximum Gasteiger partial charge on any atom is 0.311 e. The number of fused-ring (bicyclic) bond motifs is 7. The predicted octanol–water partition coefficient (Wildman–Crippen LogP) is 5.93. The van der Waals surface area contributed by atoms with E-state index in [9.17, 15) is 14.4 Å². The van der Waals surface area contributed by atoms with Crippen molar-refractivity contribution in [1.29, 1.82) is 0 Å². The van der Waals surface area contributed by atoms with E-state index in [1.807, 2.05) is 6.08 Å². The molecule has 0 aromatic heterocycles. The van der Waals surface area contributed by atoms with Gasteiger partial charge in [-0.25, -0.2) is 0 Å². The van der Waals surface area contributed by atoms with Crippen molar-refractivity contribution in [3.8, 4) is 0 Å². The molecule has 0 radical (unpaired) electrons. The van der Waals surface area contributed by atoms with Gasteiger partial charge in [0, 0.05) is 12.5 Å². The van der Waals surface area contributed by atoms with E-state index in [1.54, 1.807) is 13.0 Å². The second-order valence-corrected chi connectivity index (χ2v) is 13.7. The molecular formula is C31H42O5. The van der Waals surface area contributed by atoms with E-state index < -0.39 is 22.6 Å². The molecule has 196 valence electrons. The molecule has 0 bridgehead atoms. The van der Waals surface area contributed by atoms with Gasteiger partial charge in [-0.15, -0.1) is 0 Å². The number of methoxy groups -OCH3 is 2. The molecule has 3 saturated carbocycles. The molecule has 0 unspecified atom stereocenters. The molecule has 0 spiro atoms. The summed E-state index contributed by atoms with van der Waals surface area (Å²) in [5.41, 5.74) is 1.24. The molecule has 0 saturated heterocycles. The van der Waals surface area contributed by atoms with Crippen LogP contribution in [0.4, 0.5) is 0 Å². The quantitative estimate of drug-likeness (QED) is 0.352. The van der Waals surface area contributed by atoms with Gasteiger partial charge < -0.3 is 9.47 Å². The maximum atomic E-state index is 12.9. The van der Waals surface area contributed by atoms with Crippen LogP contribution in [0.15, 0.2) is 34.9 Å². The van der Waals surface area contributed by atoms with Crippen LogP contribution < -0.4 is 0 Å². The van der Waals surface area contributed by atoms with Crippen molar-refractivity contribution >= 4 is 17.5 Å². The topological polar surface area (TPSA) is 69.7 Å². The van der Waals surface area contributed by atoms with Crippen LogP contribution in [0.1, 0.15) is 86.5 Å². The average molecular weight is 495 g/mol. The highest BCUT2D eigenvalue weighted by Gasteiger charge is 2.68. The molecular weight excluding hydrogens is 452 g/mol. The molecule has 0 aliphatic heterocycles. The smallest absolute Gasteiger partial charge is 0.311 e. The fraction of sp³-hybridized carbons (Fsp3) is 0.710. The van der Waals surface area contributed by atoms with Gasteiger partial charge in [0.2, 0.25) is 11.6 Å². The van der Waals surface area contributed by atoms with Crippen LogP contribution in [0.3, 0.4) is 0 Å². The van der Waals surface area contributed by atoms with Gasteiger partial charge >= 0.3 is 5.97 Å². The molecule has 0 N–H and O–H groups in total. The molecule has 5 heteroatoms. The first-order chi connectivity index (χ1) is 16.7. The van der Waals surface area contributed by atoms with E-state index in [1.165, 1.54) is 19.8 Å². The summed E-state index contributed by atoms with van der Waals surface area (Å²) in [6, 6.07) is 0. The van der Waals surface area contributed by atoms with Gasteiger partial charge in [0.25, 0.3) is 0 Å². The highest BCUT2D eigenvalue weighted by molar-refractivity contribution is 6.46. The minimum absolute atomic E-state index is 0.00596. The van der Waals surface area contributed by atoms with Gasteiger partial charge in [-0.3, -0.25) is 14.4 Å². The van der Waals surface area contributed by atoms with E-state index in [-0.39, 0.29) is 27.6 Å². The zero-order valence-electron chi connectivity index (χ0n) is 23.3. The normalized spacial score (nSPS) is 47.9. The molecule has 36 heavy (non-hydrogen) atoms. The van der Waals surface area contributed by atoms with Crippen molar-refractivity contribution < 1.29 is 23.9 Å². The molecule has 0 aromatic carbocycles. The standard InChI is InChI=1S/C31H42O5/c1-26-11-12-27(2,25(34)35-7)18-23(26)30(5)16-14-28(3)20-17-21(32)24(33)31(6,36-8)19(20)9-10-22(28)29(30,4)15-13-26/h9-10,17,23H,11-16,18H2,1-8H3/t23-,26-,27-,28+,29-,30+,31+/m1/s1. The van der Waals surface area contributed by atoms with Crippen LogP contribution in [0.25, 0.3) is 0 Å². The lowest BCUT2D eigenvalue weighted by Gasteiger charge is -2.70. The van der Waals surface area contributed by atoms with E-state index in [0.29, 0.717) is 5.92 Å². The minimum Gasteiger partial charge on any atom is -0.469 e. The van der Waals surface area contributed by atoms with Gasteiger partial charge in [-0.1, -0.05) is 45.4 Å². The Hall–Kier alpha value is -2.01. The van der Waals surface area contributed by atoms with Crippen molar-refractivity contribution in [2.75, 3.05) is 14.2 Å². The van der Waals surface area contributed by atoms with E-state index in [4.69, 9.17) is 9.47 Å². The first kappa shape index (κ1) is 25.6. The number of allylic oxidation sites excluding steroid dienone is 4. The third-order valence-corrected chi connectivity index (χ3v) is 12.1. The number of ether oxygens (including phenoxy) is 2. The lowest BCUT2D eigenvalue weighted by Crippen LogP contribution is -2.62. The van der Waals surface area contributed by atoms with Crippen molar-refractivity contribution in [2.24, 2.45) is 33.0 Å². The number of carbonyl (C=O) groups is 3. The largest absolute Gasteiger partial charge is 0.469 e.